The Balaban J connectivity index is 1.79. The smallest absolute Gasteiger partial charge is 0.275 e. The summed E-state index contributed by atoms with van der Waals surface area (Å²) in [7, 11) is 0. The number of non-ortho nitro benzene ring substituents is 1. The first-order chi connectivity index (χ1) is 12.9. The number of nitrogens with zero attached hydrogens (tertiary/aromatic N) is 3. The molecule has 1 heterocycles. The molecule has 0 radical (unpaired) electrons. The number of carbonyl (C=O) groups excluding carboxylic acids is 1. The quantitative estimate of drug-likeness (QED) is 0.506. The van der Waals surface area contributed by atoms with Gasteiger partial charge in [0.25, 0.3) is 5.69 Å². The minimum Gasteiger partial charge on any atom is -0.457 e. The second kappa shape index (κ2) is 7.88. The first-order valence-electron chi connectivity index (χ1n) is 7.91. The molecule has 3 rings (SSSR count). The third-order valence-corrected chi connectivity index (χ3v) is 3.75. The summed E-state index contributed by atoms with van der Waals surface area (Å²) in [4.78, 5) is 22.8. The molecular formula is C18H15ClN4O4. The number of hydrogen-bond acceptors (Lipinski definition) is 5. The Morgan fingerprint density at radius 1 is 1.26 bits per heavy atom. The Labute approximate surface area is 159 Å². The van der Waals surface area contributed by atoms with Gasteiger partial charge >= 0.3 is 0 Å². The van der Waals surface area contributed by atoms with Gasteiger partial charge in [-0.2, -0.15) is 5.10 Å². The van der Waals surface area contributed by atoms with Crippen molar-refractivity contribution in [3.8, 4) is 11.5 Å². The molecule has 8 nitrogen and oxygen atoms in total. The van der Waals surface area contributed by atoms with Gasteiger partial charge in [-0.1, -0.05) is 29.3 Å². The molecule has 1 N–H and O–H groups in total. The van der Waals surface area contributed by atoms with Crippen LogP contribution >= 0.6 is 11.6 Å². The number of halogens is 1. The molecule has 0 fully saturated rings. The molecule has 138 valence electrons. The maximum Gasteiger partial charge on any atom is 0.275 e. The van der Waals surface area contributed by atoms with Gasteiger partial charge in [0.05, 0.1) is 27.9 Å². The van der Waals surface area contributed by atoms with Crippen molar-refractivity contribution >= 4 is 28.9 Å². The SMILES string of the molecule is Cc1ccc(Oc2cc(NC(=O)Cn3cc(Cl)cn3)cc([N+](=O)[O-])c2)cc1. The summed E-state index contributed by atoms with van der Waals surface area (Å²) in [6.07, 6.45) is 2.91. The van der Waals surface area contributed by atoms with E-state index in [9.17, 15) is 14.9 Å². The van der Waals surface area contributed by atoms with E-state index < -0.39 is 10.8 Å². The molecule has 3 aromatic rings. The minimum absolute atomic E-state index is 0.0798. The Morgan fingerprint density at radius 3 is 2.63 bits per heavy atom. The second-order valence-corrected chi connectivity index (χ2v) is 6.23. The predicted molar refractivity (Wildman–Crippen MR) is 100 cm³/mol. The second-order valence-electron chi connectivity index (χ2n) is 5.79. The van der Waals surface area contributed by atoms with Gasteiger partial charge in [-0.15, -0.1) is 0 Å². The number of amides is 1. The normalized spacial score (nSPS) is 10.4. The van der Waals surface area contributed by atoms with Gasteiger partial charge in [0.1, 0.15) is 18.0 Å². The lowest BCUT2D eigenvalue weighted by molar-refractivity contribution is -0.384. The number of nitrogens with one attached hydrogen (secondary N) is 1. The highest BCUT2D eigenvalue weighted by Crippen LogP contribution is 2.30. The Morgan fingerprint density at radius 2 is 2.00 bits per heavy atom. The highest BCUT2D eigenvalue weighted by molar-refractivity contribution is 6.30. The van der Waals surface area contributed by atoms with Gasteiger partial charge in [0.2, 0.25) is 5.91 Å². The monoisotopic (exact) mass is 386 g/mol. The summed E-state index contributed by atoms with van der Waals surface area (Å²) in [5, 5.41) is 18.1. The molecule has 0 unspecified atom stereocenters. The van der Waals surface area contributed by atoms with Crippen molar-refractivity contribution in [2.45, 2.75) is 13.5 Å². The number of rotatable bonds is 6. The lowest BCUT2D eigenvalue weighted by atomic mass is 10.2. The molecule has 0 atom stereocenters. The summed E-state index contributed by atoms with van der Waals surface area (Å²) >= 11 is 5.76. The van der Waals surface area contributed by atoms with Crippen molar-refractivity contribution < 1.29 is 14.5 Å². The van der Waals surface area contributed by atoms with Crippen LogP contribution in [0.1, 0.15) is 5.56 Å². The predicted octanol–water partition coefficient (Wildman–Crippen LogP) is 4.18. The third-order valence-electron chi connectivity index (χ3n) is 3.55. The molecule has 9 heteroatoms. The molecule has 0 spiro atoms. The fourth-order valence-corrected chi connectivity index (χ4v) is 2.49. The van der Waals surface area contributed by atoms with Crippen LogP contribution in [0.15, 0.2) is 54.9 Å². The van der Waals surface area contributed by atoms with E-state index in [0.29, 0.717) is 10.8 Å². The van der Waals surface area contributed by atoms with E-state index in [-0.39, 0.29) is 23.7 Å². The standard InChI is InChI=1S/C18H15ClN4O4/c1-12-2-4-16(5-3-12)27-17-7-14(6-15(8-17)23(25)26)21-18(24)11-22-10-13(19)9-20-22/h2-10H,11H2,1H3,(H,21,24). The van der Waals surface area contributed by atoms with Crippen LogP contribution in [0.2, 0.25) is 5.02 Å². The molecule has 0 bridgehead atoms. The van der Waals surface area contributed by atoms with Crippen molar-refractivity contribution in [1.82, 2.24) is 9.78 Å². The number of benzene rings is 2. The molecule has 2 aromatic carbocycles. The molecule has 27 heavy (non-hydrogen) atoms. The number of nitro benzene ring substituents is 1. The highest BCUT2D eigenvalue weighted by Gasteiger charge is 2.14. The average molecular weight is 387 g/mol. The highest BCUT2D eigenvalue weighted by atomic mass is 35.5. The van der Waals surface area contributed by atoms with Crippen LogP contribution in [0.25, 0.3) is 0 Å². The van der Waals surface area contributed by atoms with E-state index in [1.165, 1.54) is 35.3 Å². The zero-order valence-electron chi connectivity index (χ0n) is 14.3. The molecule has 0 aliphatic rings. The number of ether oxygens (including phenoxy) is 1. The van der Waals surface area contributed by atoms with E-state index >= 15 is 0 Å². The number of hydrogen-bond donors (Lipinski definition) is 1. The lowest BCUT2D eigenvalue weighted by Crippen LogP contribution is -2.19. The Kier molecular flexibility index (Phi) is 5.37. The third kappa shape index (κ3) is 5.05. The van der Waals surface area contributed by atoms with Crippen molar-refractivity contribution in [2.75, 3.05) is 5.32 Å². The maximum atomic E-state index is 12.2. The van der Waals surface area contributed by atoms with E-state index in [0.717, 1.165) is 5.56 Å². The fourth-order valence-electron chi connectivity index (χ4n) is 2.33. The zero-order valence-corrected chi connectivity index (χ0v) is 15.0. The zero-order chi connectivity index (χ0) is 19.4. The van der Waals surface area contributed by atoms with E-state index in [2.05, 4.69) is 10.4 Å². The summed E-state index contributed by atoms with van der Waals surface area (Å²) < 4.78 is 7.04. The minimum atomic E-state index is -0.551. The number of anilines is 1. The van der Waals surface area contributed by atoms with Crippen LogP contribution in [0.3, 0.4) is 0 Å². The lowest BCUT2D eigenvalue weighted by Gasteiger charge is -2.10. The number of aromatic nitrogens is 2. The summed E-state index contributed by atoms with van der Waals surface area (Å²) in [6.45, 7) is 1.86. The molecule has 0 saturated carbocycles. The van der Waals surface area contributed by atoms with Gasteiger partial charge in [-0.3, -0.25) is 19.6 Å². The molecular weight excluding hydrogens is 372 g/mol. The Hall–Kier alpha value is -3.39. The maximum absolute atomic E-state index is 12.2. The number of aryl methyl sites for hydroxylation is 1. The van der Waals surface area contributed by atoms with Crippen LogP contribution in [0, 0.1) is 17.0 Å². The van der Waals surface area contributed by atoms with Gasteiger partial charge in [-0.05, 0) is 19.1 Å². The summed E-state index contributed by atoms with van der Waals surface area (Å²) in [6, 6.07) is 11.3. The van der Waals surface area contributed by atoms with Crippen LogP contribution < -0.4 is 10.1 Å². The van der Waals surface area contributed by atoms with E-state index in [1.54, 1.807) is 12.1 Å². The molecule has 1 amide bonds. The van der Waals surface area contributed by atoms with Crippen molar-refractivity contribution in [3.63, 3.8) is 0 Å². The van der Waals surface area contributed by atoms with Crippen LogP contribution in [0.4, 0.5) is 11.4 Å². The summed E-state index contributed by atoms with van der Waals surface area (Å²) in [5.74, 6) is 0.367. The van der Waals surface area contributed by atoms with E-state index in [4.69, 9.17) is 16.3 Å². The Bertz CT molecular complexity index is 985. The molecule has 0 saturated heterocycles. The topological polar surface area (TPSA) is 99.3 Å². The van der Waals surface area contributed by atoms with E-state index in [1.807, 2.05) is 19.1 Å². The van der Waals surface area contributed by atoms with Crippen LogP contribution in [0.5, 0.6) is 11.5 Å². The number of carbonyl (C=O) groups is 1. The van der Waals surface area contributed by atoms with Crippen molar-refractivity contribution in [1.29, 1.82) is 0 Å². The van der Waals surface area contributed by atoms with Gasteiger partial charge in [-0.25, -0.2) is 0 Å². The van der Waals surface area contributed by atoms with Gasteiger partial charge < -0.3 is 10.1 Å². The first-order valence-corrected chi connectivity index (χ1v) is 8.29. The van der Waals surface area contributed by atoms with Crippen molar-refractivity contribution in [2.24, 2.45) is 0 Å². The fraction of sp³-hybridized carbons (Fsp3) is 0.111. The largest absolute Gasteiger partial charge is 0.457 e. The molecule has 0 aliphatic heterocycles. The molecule has 0 aliphatic carbocycles. The van der Waals surface area contributed by atoms with Crippen LogP contribution in [-0.2, 0) is 11.3 Å². The summed E-state index contributed by atoms with van der Waals surface area (Å²) in [5.41, 5.74) is 1.11. The first kappa shape index (κ1) is 18.4. The van der Waals surface area contributed by atoms with Crippen LogP contribution in [-0.4, -0.2) is 20.6 Å². The van der Waals surface area contributed by atoms with Gasteiger partial charge in [0, 0.05) is 18.3 Å². The van der Waals surface area contributed by atoms with Crippen molar-refractivity contribution in [3.05, 3.63) is 75.6 Å². The molecule has 1 aromatic heterocycles. The average Bonchev–Trinajstić information content (AvgIpc) is 3.01. The number of nitro groups is 1. The van der Waals surface area contributed by atoms with Gasteiger partial charge in [0.15, 0.2) is 0 Å².